The van der Waals surface area contributed by atoms with Gasteiger partial charge >= 0.3 is 0 Å². The number of aliphatic hydroxyl groups excluding tert-OH is 12. The van der Waals surface area contributed by atoms with Gasteiger partial charge in [0.1, 0.15) is 85.1 Å². The van der Waals surface area contributed by atoms with Gasteiger partial charge in [-0.25, -0.2) is 0 Å². The van der Waals surface area contributed by atoms with Gasteiger partial charge in [-0.2, -0.15) is 0 Å². The number of piperidine rings is 1. The molecule has 0 unspecified atom stereocenters. The fourth-order valence-corrected chi connectivity index (χ4v) is 16.6. The van der Waals surface area contributed by atoms with E-state index in [2.05, 4.69) is 33.0 Å². The first-order valence-corrected chi connectivity index (χ1v) is 27.2. The lowest BCUT2D eigenvalue weighted by Crippen LogP contribution is -2.66. The summed E-state index contributed by atoms with van der Waals surface area (Å²) in [7, 11) is 0. The Hall–Kier alpha value is -0.840. The number of rotatable bonds is 11. The predicted molar refractivity (Wildman–Crippen MR) is 248 cm³/mol. The molecule has 1 spiro atoms. The van der Waals surface area contributed by atoms with Crippen LogP contribution >= 0.6 is 0 Å². The Bertz CT molecular complexity index is 1830. The molecular formula is C51H85NO20. The SMILES string of the molecule is C[C@H]1CC[C@]2(NC1)O[C@H]1C[C@H]3[C@@H]4CC[C@H]5C[C@@H](O[C@@H]6O[C@H](CO)[C@H](O[C@H]7O[C@H](CO)[C@@H](O)[C@H](O[C@@H]8OC[C@@H](O)[C@H](O)[C@H]8O)[C@H]7C[C@@H]7O[C@H](CO)[C@@H](O)[C@H](O)[C@H]7O)[C@H](O)[C@H]6O)CC[C@]5(C)[C@H]4CC[C@]3(C)[C@H]1[C@@H]2C. The number of hydrogen-bond acceptors (Lipinski definition) is 21. The zero-order chi connectivity index (χ0) is 51.3. The van der Waals surface area contributed by atoms with Crippen LogP contribution in [0.15, 0.2) is 0 Å². The minimum absolute atomic E-state index is 0.116. The van der Waals surface area contributed by atoms with Crippen LogP contribution in [0.1, 0.15) is 98.3 Å². The summed E-state index contributed by atoms with van der Waals surface area (Å²) in [6, 6.07) is 0. The lowest BCUT2D eigenvalue weighted by molar-refractivity contribution is -0.375. The van der Waals surface area contributed by atoms with Crippen LogP contribution in [0.2, 0.25) is 0 Å². The van der Waals surface area contributed by atoms with Gasteiger partial charge in [-0.15, -0.1) is 0 Å². The predicted octanol–water partition coefficient (Wildman–Crippen LogP) is -2.03. The van der Waals surface area contributed by atoms with Gasteiger partial charge < -0.3 is 99.2 Å². The molecule has 0 amide bonds. The van der Waals surface area contributed by atoms with Gasteiger partial charge in [0.05, 0.1) is 50.8 Å². The highest BCUT2D eigenvalue weighted by molar-refractivity contribution is 5.16. The van der Waals surface area contributed by atoms with E-state index in [1.165, 1.54) is 19.3 Å². The maximum absolute atomic E-state index is 11.9. The standard InChI is InChI=1S/C51H85NO20/c1-21-7-12-51(52-16-21)22(2)35-30(72-51)15-28-25-6-5-23-13-24(8-10-49(23,3)27(25)9-11-50(28,35)4)66-48-43(64)41(62)45(34(19-55)69-48)71-46-26(14-31-37(58)40(61)38(59)32(17-53)67-31)44(39(60)33(18-54)68-46)70-47-42(63)36(57)29(56)20-65-47/h21-48,52-64H,5-20H2,1-4H3/t21-,22-,23-,24-,25+,26+,27-,28-,29+,30-,31-,32+,33+,34+,35-,36-,37-,38+,39+,40+,41+,42+,43+,44+,45-,46+,47-,48+,49-,50-,51-/m0/s1. The van der Waals surface area contributed by atoms with Crippen molar-refractivity contribution in [3.05, 3.63) is 0 Å². The van der Waals surface area contributed by atoms with Gasteiger partial charge in [0.25, 0.3) is 0 Å². The third kappa shape index (κ3) is 9.27. The molecule has 0 aromatic heterocycles. The van der Waals surface area contributed by atoms with Crippen LogP contribution in [0.5, 0.6) is 0 Å². The van der Waals surface area contributed by atoms with E-state index in [-0.39, 0.29) is 22.7 Å². The van der Waals surface area contributed by atoms with Crippen molar-refractivity contribution in [1.29, 1.82) is 0 Å². The van der Waals surface area contributed by atoms with E-state index in [1.54, 1.807) is 0 Å². The van der Waals surface area contributed by atoms with E-state index >= 15 is 0 Å². The van der Waals surface area contributed by atoms with E-state index in [1.807, 2.05) is 0 Å². The second-order valence-electron chi connectivity index (χ2n) is 24.5. The van der Waals surface area contributed by atoms with Gasteiger partial charge in [-0.3, -0.25) is 5.32 Å². The monoisotopic (exact) mass is 1030 g/mol. The second-order valence-corrected chi connectivity index (χ2v) is 24.5. The average Bonchev–Trinajstić information content (AvgIpc) is 3.82. The largest absolute Gasteiger partial charge is 0.394 e. The summed E-state index contributed by atoms with van der Waals surface area (Å²) >= 11 is 0. The van der Waals surface area contributed by atoms with Gasteiger partial charge in [0, 0.05) is 18.4 Å². The van der Waals surface area contributed by atoms with Gasteiger partial charge in [0.15, 0.2) is 18.9 Å². The quantitative estimate of drug-likeness (QED) is 0.0993. The molecule has 6 saturated heterocycles. The molecule has 21 heteroatoms. The van der Waals surface area contributed by atoms with Crippen molar-refractivity contribution in [2.75, 3.05) is 33.0 Å². The van der Waals surface area contributed by atoms with E-state index < -0.39 is 149 Å². The fraction of sp³-hybridized carbons (Fsp3) is 1.00. The number of aliphatic hydroxyl groups is 12. The van der Waals surface area contributed by atoms with Crippen molar-refractivity contribution >= 4 is 0 Å². The van der Waals surface area contributed by atoms with Crippen LogP contribution in [0.3, 0.4) is 0 Å². The molecule has 0 aromatic rings. The molecular weight excluding hydrogens is 947 g/mol. The third-order valence-electron chi connectivity index (χ3n) is 20.8. The van der Waals surface area contributed by atoms with Gasteiger partial charge in [-0.1, -0.05) is 27.7 Å². The van der Waals surface area contributed by atoms with E-state index in [0.29, 0.717) is 47.5 Å². The zero-order valence-corrected chi connectivity index (χ0v) is 42.1. The normalized spacial score (nSPS) is 57.8. The first-order valence-electron chi connectivity index (χ1n) is 27.2. The van der Waals surface area contributed by atoms with Crippen molar-refractivity contribution in [2.24, 2.45) is 58.2 Å². The van der Waals surface area contributed by atoms with E-state index in [4.69, 9.17) is 37.9 Å². The van der Waals surface area contributed by atoms with Crippen LogP contribution in [0, 0.1) is 58.2 Å². The Morgan fingerprint density at radius 1 is 0.569 bits per heavy atom. The van der Waals surface area contributed by atoms with Crippen molar-refractivity contribution in [3.63, 3.8) is 0 Å². The molecule has 31 atom stereocenters. The molecule has 72 heavy (non-hydrogen) atoms. The third-order valence-corrected chi connectivity index (χ3v) is 20.8. The molecule has 6 aliphatic heterocycles. The lowest BCUT2D eigenvalue weighted by atomic mass is 9.44. The highest BCUT2D eigenvalue weighted by Crippen LogP contribution is 2.71. The number of hydrogen-bond donors (Lipinski definition) is 13. The lowest BCUT2D eigenvalue weighted by Gasteiger charge is -2.61. The highest BCUT2D eigenvalue weighted by Gasteiger charge is 2.69. The zero-order valence-electron chi connectivity index (χ0n) is 42.1. The Morgan fingerprint density at radius 2 is 1.24 bits per heavy atom. The number of nitrogens with one attached hydrogen (secondary N) is 1. The summed E-state index contributed by atoms with van der Waals surface area (Å²) in [5, 5.41) is 134. The highest BCUT2D eigenvalue weighted by atomic mass is 16.7. The summed E-state index contributed by atoms with van der Waals surface area (Å²) in [5.74, 6) is 2.59. The summed E-state index contributed by atoms with van der Waals surface area (Å²) in [4.78, 5) is 0. The van der Waals surface area contributed by atoms with Crippen LogP contribution in [0.25, 0.3) is 0 Å². The van der Waals surface area contributed by atoms with Crippen molar-refractivity contribution in [2.45, 2.75) is 227 Å². The molecule has 10 rings (SSSR count). The first-order chi connectivity index (χ1) is 34.3. The molecule has 6 heterocycles. The summed E-state index contributed by atoms with van der Waals surface area (Å²) in [6.45, 7) is 8.09. The van der Waals surface area contributed by atoms with Crippen LogP contribution < -0.4 is 5.32 Å². The average molecular weight is 1030 g/mol. The van der Waals surface area contributed by atoms with Crippen LogP contribution in [-0.4, -0.2) is 223 Å². The molecule has 0 radical (unpaired) electrons. The maximum Gasteiger partial charge on any atom is 0.186 e. The second kappa shape index (κ2) is 21.1. The van der Waals surface area contributed by atoms with Crippen LogP contribution in [0.4, 0.5) is 0 Å². The molecule has 0 aromatic carbocycles. The molecule has 4 saturated carbocycles. The van der Waals surface area contributed by atoms with E-state index in [9.17, 15) is 61.3 Å². The molecule has 13 N–H and O–H groups in total. The topological polar surface area (TPSA) is 329 Å². The Morgan fingerprint density at radius 3 is 1.94 bits per heavy atom. The number of fused-ring (bicyclic) bond motifs is 7. The summed E-state index contributed by atoms with van der Waals surface area (Å²) in [5.41, 5.74) is 0.171. The molecule has 10 fully saturated rings. The molecule has 21 nitrogen and oxygen atoms in total. The Balaban J connectivity index is 0.812. The van der Waals surface area contributed by atoms with Crippen LogP contribution in [-0.2, 0) is 37.9 Å². The van der Waals surface area contributed by atoms with E-state index in [0.717, 1.165) is 51.5 Å². The maximum atomic E-state index is 11.9. The van der Waals surface area contributed by atoms with Crippen molar-refractivity contribution in [3.8, 4) is 0 Å². The molecule has 10 aliphatic rings. The van der Waals surface area contributed by atoms with Crippen molar-refractivity contribution < 1.29 is 99.2 Å². The molecule has 4 aliphatic carbocycles. The first kappa shape index (κ1) is 54.5. The minimum Gasteiger partial charge on any atom is -0.394 e. The molecule has 414 valence electrons. The summed E-state index contributed by atoms with van der Waals surface area (Å²) < 4.78 is 49.7. The molecule has 0 bridgehead atoms. The number of ether oxygens (including phenoxy) is 8. The Kier molecular flexibility index (Phi) is 16.0. The summed E-state index contributed by atoms with van der Waals surface area (Å²) in [6.07, 6.45) is -18.7. The minimum atomic E-state index is -1.83. The van der Waals surface area contributed by atoms with Gasteiger partial charge in [-0.05, 0) is 117 Å². The smallest absolute Gasteiger partial charge is 0.186 e. The Labute approximate surface area is 421 Å². The van der Waals surface area contributed by atoms with Crippen molar-refractivity contribution in [1.82, 2.24) is 5.32 Å². The fourth-order valence-electron chi connectivity index (χ4n) is 16.6. The van der Waals surface area contributed by atoms with Gasteiger partial charge in [0.2, 0.25) is 0 Å².